The van der Waals surface area contributed by atoms with Crippen LogP contribution in [0.15, 0.2) is 0 Å². The minimum Gasteiger partial charge on any atom is -0.448 e. The van der Waals surface area contributed by atoms with E-state index in [9.17, 15) is 13.9 Å². The van der Waals surface area contributed by atoms with Crippen molar-refractivity contribution in [3.63, 3.8) is 0 Å². The third-order valence-corrected chi connectivity index (χ3v) is 9.18. The van der Waals surface area contributed by atoms with Crippen LogP contribution in [0.4, 0.5) is 4.79 Å². The van der Waals surface area contributed by atoms with Gasteiger partial charge in [0.05, 0.1) is 39.6 Å². The first kappa shape index (κ1) is 29.5. The lowest BCUT2D eigenvalue weighted by Gasteiger charge is -2.31. The average Bonchev–Trinajstić information content (AvgIpc) is 2.67. The Morgan fingerprint density at radius 3 is 1.57 bits per heavy atom. The summed E-state index contributed by atoms with van der Waals surface area (Å²) in [6.07, 6.45) is -1.02. The maximum Gasteiger partial charge on any atom is 0.408 e. The molecule has 0 spiro atoms. The first-order chi connectivity index (χ1) is 14.3. The number of carbonyl (C=O) groups excluding carboxylic acids is 1. The number of nitrogens with zero attached hydrogens (tertiary/aromatic N) is 1. The molecule has 14 heteroatoms. The number of nitrogens with one attached hydrogen (secondary N) is 1. The van der Waals surface area contributed by atoms with E-state index in [0.29, 0.717) is 13.1 Å². The number of alkyl carbamates (subject to hydrolysis) is 1. The number of aliphatic hydroxyl groups excluding tert-OH is 2. The van der Waals surface area contributed by atoms with Crippen molar-refractivity contribution in [1.29, 1.82) is 0 Å². The predicted octanol–water partition coefficient (Wildman–Crippen LogP) is 1.81. The Morgan fingerprint density at radius 1 is 0.833 bits per heavy atom. The Bertz CT molecular complexity index is 510. The molecule has 0 aromatic rings. The largest absolute Gasteiger partial charge is 0.448 e. The summed E-state index contributed by atoms with van der Waals surface area (Å²) in [6.45, 7) is 6.67. The smallest absolute Gasteiger partial charge is 0.408 e. The second-order valence-corrected chi connectivity index (χ2v) is 10.3. The molecule has 0 rings (SSSR count). The van der Waals surface area contributed by atoms with E-state index in [1.165, 1.54) is 0 Å². The van der Waals surface area contributed by atoms with Crippen molar-refractivity contribution in [3.8, 4) is 0 Å². The molecule has 0 radical (unpaired) electrons. The molecule has 1 amide bonds. The van der Waals surface area contributed by atoms with Gasteiger partial charge in [-0.05, 0) is 27.7 Å². The Hall–Kier alpha value is -0.550. The fourth-order valence-electron chi connectivity index (χ4n) is 2.44. The molecular formula is C16H36N2O10P2. The summed E-state index contributed by atoms with van der Waals surface area (Å²) in [4.78, 5) is 14.0. The van der Waals surface area contributed by atoms with E-state index in [1.54, 1.807) is 32.6 Å². The van der Waals surface area contributed by atoms with Crippen LogP contribution in [0.5, 0.6) is 0 Å². The molecule has 3 N–H and O–H groups in total. The van der Waals surface area contributed by atoms with Crippen molar-refractivity contribution in [3.05, 3.63) is 0 Å². The molecule has 0 aliphatic rings. The van der Waals surface area contributed by atoms with Gasteiger partial charge in [-0.25, -0.2) is 4.79 Å². The van der Waals surface area contributed by atoms with Crippen LogP contribution in [0.25, 0.3) is 0 Å². The Labute approximate surface area is 178 Å². The van der Waals surface area contributed by atoms with Crippen molar-refractivity contribution in [1.82, 2.24) is 10.2 Å². The minimum absolute atomic E-state index is 0.0277. The highest BCUT2D eigenvalue weighted by molar-refractivity contribution is 7.72. The molecule has 0 saturated carbocycles. The van der Waals surface area contributed by atoms with Gasteiger partial charge in [-0.15, -0.1) is 0 Å². The van der Waals surface area contributed by atoms with Crippen LogP contribution in [-0.2, 0) is 32.0 Å². The molecule has 0 fully saturated rings. The van der Waals surface area contributed by atoms with E-state index in [0.717, 1.165) is 0 Å². The number of rotatable bonds is 18. The second kappa shape index (κ2) is 16.1. The van der Waals surface area contributed by atoms with E-state index < -0.39 is 26.8 Å². The first-order valence-electron chi connectivity index (χ1n) is 9.91. The third kappa shape index (κ3) is 10.2. The molecule has 0 unspecified atom stereocenters. The van der Waals surface area contributed by atoms with Crippen LogP contribution in [0, 0.1) is 0 Å². The number of hydrogen-bond acceptors (Lipinski definition) is 11. The van der Waals surface area contributed by atoms with Gasteiger partial charge >= 0.3 is 21.3 Å². The summed E-state index contributed by atoms with van der Waals surface area (Å²) in [5, 5.41) is 20.3. The van der Waals surface area contributed by atoms with Gasteiger partial charge < -0.3 is 33.0 Å². The van der Waals surface area contributed by atoms with Gasteiger partial charge in [-0.1, -0.05) is 0 Å². The molecule has 30 heavy (non-hydrogen) atoms. The van der Waals surface area contributed by atoms with Gasteiger partial charge in [-0.3, -0.25) is 19.3 Å². The minimum atomic E-state index is -4.14. The van der Waals surface area contributed by atoms with E-state index in [4.69, 9.17) is 33.0 Å². The lowest BCUT2D eigenvalue weighted by atomic mass is 10.4. The van der Waals surface area contributed by atoms with Gasteiger partial charge in [0.15, 0.2) is 0 Å². The Kier molecular flexibility index (Phi) is 15.8. The zero-order valence-electron chi connectivity index (χ0n) is 18.2. The van der Waals surface area contributed by atoms with Gasteiger partial charge in [0.1, 0.15) is 6.61 Å². The molecule has 0 aromatic carbocycles. The average molecular weight is 478 g/mol. The van der Waals surface area contributed by atoms with Crippen molar-refractivity contribution >= 4 is 21.3 Å². The van der Waals surface area contributed by atoms with E-state index >= 15 is 0 Å². The van der Waals surface area contributed by atoms with Gasteiger partial charge in [0.2, 0.25) is 5.52 Å². The number of aliphatic hydroxyl groups is 2. The fraction of sp³-hybridized carbons (Fsp3) is 0.938. The molecule has 0 bridgehead atoms. The monoisotopic (exact) mass is 478 g/mol. The maximum absolute atomic E-state index is 13.3. The molecule has 0 atom stereocenters. The summed E-state index contributed by atoms with van der Waals surface area (Å²) in [5.74, 6) is 0. The zero-order chi connectivity index (χ0) is 23.0. The third-order valence-electron chi connectivity index (χ3n) is 3.56. The van der Waals surface area contributed by atoms with Gasteiger partial charge in [0.25, 0.3) is 0 Å². The molecule has 0 heterocycles. The SMILES string of the molecule is CCOP(=O)(OCC)C(NC(=O)OCCN(CCO)CCO)P(=O)(OCC)OCC. The highest BCUT2D eigenvalue weighted by atomic mass is 31.2. The van der Waals surface area contributed by atoms with E-state index in [2.05, 4.69) is 5.32 Å². The van der Waals surface area contributed by atoms with Gasteiger partial charge in [-0.2, -0.15) is 0 Å². The molecule has 0 saturated heterocycles. The second-order valence-electron chi connectivity index (χ2n) is 5.69. The number of ether oxygens (including phenoxy) is 1. The van der Waals surface area contributed by atoms with Crippen LogP contribution >= 0.6 is 15.2 Å². The van der Waals surface area contributed by atoms with Crippen molar-refractivity contribution in [2.24, 2.45) is 0 Å². The number of hydrogen-bond donors (Lipinski definition) is 3. The number of carbonyl (C=O) groups is 1. The van der Waals surface area contributed by atoms with Crippen LogP contribution in [0.3, 0.4) is 0 Å². The summed E-state index contributed by atoms with van der Waals surface area (Å²) >= 11 is 0. The molecule has 180 valence electrons. The van der Waals surface area contributed by atoms with Crippen molar-refractivity contribution < 1.29 is 47.0 Å². The number of amides is 1. The topological polar surface area (TPSA) is 153 Å². The van der Waals surface area contributed by atoms with E-state index in [1.807, 2.05) is 0 Å². The predicted molar refractivity (Wildman–Crippen MR) is 111 cm³/mol. The Morgan fingerprint density at radius 2 is 1.23 bits per heavy atom. The van der Waals surface area contributed by atoms with Crippen LogP contribution in [0.1, 0.15) is 27.7 Å². The summed E-state index contributed by atoms with van der Waals surface area (Å²) < 4.78 is 52.6. The lowest BCUT2D eigenvalue weighted by Crippen LogP contribution is -2.39. The van der Waals surface area contributed by atoms with Crippen molar-refractivity contribution in [2.45, 2.75) is 33.2 Å². The highest BCUT2D eigenvalue weighted by Crippen LogP contribution is 2.69. The summed E-state index contributed by atoms with van der Waals surface area (Å²) in [6, 6.07) is 0. The molecule has 0 aliphatic heterocycles. The lowest BCUT2D eigenvalue weighted by molar-refractivity contribution is 0.107. The first-order valence-corrected chi connectivity index (χ1v) is 13.1. The normalized spacial score (nSPS) is 12.5. The summed E-state index contributed by atoms with van der Waals surface area (Å²) in [7, 11) is -8.28. The van der Waals surface area contributed by atoms with E-state index in [-0.39, 0.29) is 52.8 Å². The molecule has 0 aliphatic carbocycles. The highest BCUT2D eigenvalue weighted by Gasteiger charge is 2.52. The summed E-state index contributed by atoms with van der Waals surface area (Å²) in [5.41, 5.74) is -1.72. The standard InChI is InChI=1S/C16H36N2O10P2/c1-5-25-29(22,26-6-2)16(30(23,27-7-3)28-8-4)17-15(21)24-14-11-18(9-12-19)10-13-20/h16,19-20H,5-14H2,1-4H3,(H,17,21). The Balaban J connectivity index is 5.44. The molecule has 12 nitrogen and oxygen atoms in total. The van der Waals surface area contributed by atoms with Gasteiger partial charge in [0, 0.05) is 19.6 Å². The molecular weight excluding hydrogens is 442 g/mol. The zero-order valence-corrected chi connectivity index (χ0v) is 19.9. The van der Waals surface area contributed by atoms with Crippen molar-refractivity contribution in [2.75, 3.05) is 65.9 Å². The molecule has 0 aromatic heterocycles. The fourth-order valence-corrected chi connectivity index (χ4v) is 7.31. The van der Waals surface area contributed by atoms with Crippen LogP contribution < -0.4 is 5.32 Å². The van der Waals surface area contributed by atoms with Crippen LogP contribution in [0.2, 0.25) is 0 Å². The maximum atomic E-state index is 13.3. The quantitative estimate of drug-likeness (QED) is 0.247. The van der Waals surface area contributed by atoms with Crippen LogP contribution in [-0.4, -0.2) is 92.6 Å².